The number of rotatable bonds is 1. The minimum absolute atomic E-state index is 0.0116. The maximum Gasteiger partial charge on any atom is 0.217 e. The summed E-state index contributed by atoms with van der Waals surface area (Å²) in [7, 11) is 0. The van der Waals surface area contributed by atoms with Gasteiger partial charge < -0.3 is 10.4 Å². The second-order valence-electron chi connectivity index (χ2n) is 2.81. The normalized spacial score (nSPS) is 32.2. The van der Waals surface area contributed by atoms with Gasteiger partial charge in [-0.05, 0) is 19.3 Å². The molecule has 0 bridgehead atoms. The molecule has 1 aliphatic rings. The number of amides is 1. The molecular weight excluding hydrogens is 130 g/mol. The van der Waals surface area contributed by atoms with Crippen LogP contribution in [-0.2, 0) is 4.79 Å². The molecule has 0 aromatic rings. The average molecular weight is 143 g/mol. The van der Waals surface area contributed by atoms with Crippen molar-refractivity contribution in [3.8, 4) is 0 Å². The zero-order valence-electron chi connectivity index (χ0n) is 6.13. The molecule has 0 heterocycles. The fourth-order valence-corrected chi connectivity index (χ4v) is 1.37. The molecule has 1 rings (SSSR count). The Morgan fingerprint density at radius 2 is 2.30 bits per heavy atom. The molecule has 1 saturated carbocycles. The van der Waals surface area contributed by atoms with Crippen LogP contribution in [0.1, 0.15) is 26.2 Å². The Hall–Kier alpha value is -0.570. The van der Waals surface area contributed by atoms with Crippen LogP contribution in [0.3, 0.4) is 0 Å². The molecule has 1 fully saturated rings. The van der Waals surface area contributed by atoms with Crippen LogP contribution in [0, 0.1) is 0 Å². The lowest BCUT2D eigenvalue weighted by Gasteiger charge is -2.14. The van der Waals surface area contributed by atoms with Gasteiger partial charge in [0.25, 0.3) is 0 Å². The van der Waals surface area contributed by atoms with Crippen molar-refractivity contribution in [3.05, 3.63) is 0 Å². The molecule has 1 aliphatic carbocycles. The van der Waals surface area contributed by atoms with E-state index >= 15 is 0 Å². The van der Waals surface area contributed by atoms with E-state index in [2.05, 4.69) is 5.32 Å². The van der Waals surface area contributed by atoms with Crippen LogP contribution < -0.4 is 5.32 Å². The molecular formula is C7H13NO2. The van der Waals surface area contributed by atoms with Crippen molar-refractivity contribution in [1.82, 2.24) is 5.32 Å². The largest absolute Gasteiger partial charge is 0.391 e. The van der Waals surface area contributed by atoms with Crippen molar-refractivity contribution in [1.29, 1.82) is 0 Å². The molecule has 0 radical (unpaired) electrons. The molecule has 0 unspecified atom stereocenters. The predicted molar refractivity (Wildman–Crippen MR) is 37.5 cm³/mol. The summed E-state index contributed by atoms with van der Waals surface area (Å²) in [5, 5.41) is 11.9. The molecule has 2 atom stereocenters. The predicted octanol–water partition coefficient (Wildman–Crippen LogP) is 0.0359. The van der Waals surface area contributed by atoms with Crippen LogP contribution in [0.25, 0.3) is 0 Å². The third kappa shape index (κ3) is 1.70. The Morgan fingerprint density at radius 1 is 1.60 bits per heavy atom. The van der Waals surface area contributed by atoms with Crippen LogP contribution in [0.2, 0.25) is 0 Å². The third-order valence-electron chi connectivity index (χ3n) is 1.87. The number of aliphatic hydroxyl groups is 1. The van der Waals surface area contributed by atoms with Crippen LogP contribution in [-0.4, -0.2) is 23.2 Å². The molecule has 2 N–H and O–H groups in total. The van der Waals surface area contributed by atoms with Gasteiger partial charge >= 0.3 is 0 Å². The fraction of sp³-hybridized carbons (Fsp3) is 0.857. The van der Waals surface area contributed by atoms with Crippen LogP contribution >= 0.6 is 0 Å². The summed E-state index contributed by atoms with van der Waals surface area (Å²) >= 11 is 0. The molecule has 58 valence electrons. The number of carbonyl (C=O) groups is 1. The van der Waals surface area contributed by atoms with Crippen LogP contribution in [0.5, 0.6) is 0 Å². The monoisotopic (exact) mass is 143 g/mol. The fourth-order valence-electron chi connectivity index (χ4n) is 1.37. The minimum atomic E-state index is -0.316. The Labute approximate surface area is 60.4 Å². The van der Waals surface area contributed by atoms with Gasteiger partial charge in [-0.1, -0.05) is 0 Å². The van der Waals surface area contributed by atoms with Gasteiger partial charge in [0.1, 0.15) is 0 Å². The van der Waals surface area contributed by atoms with E-state index in [1.807, 2.05) is 0 Å². The van der Waals surface area contributed by atoms with E-state index in [0.29, 0.717) is 0 Å². The average Bonchev–Trinajstić information content (AvgIpc) is 2.15. The highest BCUT2D eigenvalue weighted by atomic mass is 16.3. The minimum Gasteiger partial charge on any atom is -0.391 e. The van der Waals surface area contributed by atoms with E-state index in [9.17, 15) is 9.90 Å². The van der Waals surface area contributed by atoms with Crippen molar-refractivity contribution < 1.29 is 9.90 Å². The zero-order valence-corrected chi connectivity index (χ0v) is 6.13. The second-order valence-corrected chi connectivity index (χ2v) is 2.81. The van der Waals surface area contributed by atoms with Crippen molar-refractivity contribution in [2.24, 2.45) is 0 Å². The maximum atomic E-state index is 10.5. The zero-order chi connectivity index (χ0) is 7.56. The summed E-state index contributed by atoms with van der Waals surface area (Å²) in [4.78, 5) is 10.5. The number of aliphatic hydroxyl groups excluding tert-OH is 1. The number of hydrogen-bond donors (Lipinski definition) is 2. The summed E-state index contributed by atoms with van der Waals surface area (Å²) in [6.45, 7) is 1.48. The van der Waals surface area contributed by atoms with Gasteiger partial charge in [-0.15, -0.1) is 0 Å². The van der Waals surface area contributed by atoms with Crippen LogP contribution in [0.4, 0.5) is 0 Å². The molecule has 0 aliphatic heterocycles. The summed E-state index contributed by atoms with van der Waals surface area (Å²) in [6, 6.07) is 0.0116. The lowest BCUT2D eigenvalue weighted by Crippen LogP contribution is -2.38. The van der Waals surface area contributed by atoms with Gasteiger partial charge in [-0.3, -0.25) is 4.79 Å². The molecule has 1 amide bonds. The SMILES string of the molecule is CC(=O)N[C@H]1CCC[C@H]1O. The Kier molecular flexibility index (Phi) is 2.27. The highest BCUT2D eigenvalue weighted by molar-refractivity contribution is 5.73. The second kappa shape index (κ2) is 3.01. The van der Waals surface area contributed by atoms with E-state index in [1.165, 1.54) is 6.92 Å². The quantitative estimate of drug-likeness (QED) is 0.544. The molecule has 0 aromatic heterocycles. The van der Waals surface area contributed by atoms with Crippen molar-refractivity contribution in [3.63, 3.8) is 0 Å². The first-order valence-electron chi connectivity index (χ1n) is 3.65. The highest BCUT2D eigenvalue weighted by Crippen LogP contribution is 2.18. The molecule has 0 aromatic carbocycles. The first kappa shape index (κ1) is 7.54. The maximum absolute atomic E-state index is 10.5. The Bertz CT molecular complexity index is 136. The summed E-state index contributed by atoms with van der Waals surface area (Å²) in [6.07, 6.45) is 2.45. The third-order valence-corrected chi connectivity index (χ3v) is 1.87. The molecule has 0 saturated heterocycles. The summed E-state index contributed by atoms with van der Waals surface area (Å²) in [5.74, 6) is -0.0500. The van der Waals surface area contributed by atoms with Gasteiger partial charge in [0, 0.05) is 6.92 Å². The lowest BCUT2D eigenvalue weighted by atomic mass is 10.2. The van der Waals surface area contributed by atoms with E-state index in [4.69, 9.17) is 0 Å². The Balaban J connectivity index is 2.33. The van der Waals surface area contributed by atoms with E-state index < -0.39 is 0 Å². The van der Waals surface area contributed by atoms with E-state index in [-0.39, 0.29) is 18.1 Å². The number of carbonyl (C=O) groups excluding carboxylic acids is 1. The van der Waals surface area contributed by atoms with Gasteiger partial charge in [-0.2, -0.15) is 0 Å². The smallest absolute Gasteiger partial charge is 0.217 e. The van der Waals surface area contributed by atoms with Crippen molar-refractivity contribution >= 4 is 5.91 Å². The van der Waals surface area contributed by atoms with Crippen molar-refractivity contribution in [2.45, 2.75) is 38.3 Å². The summed E-state index contributed by atoms with van der Waals surface area (Å²) in [5.41, 5.74) is 0. The lowest BCUT2D eigenvalue weighted by molar-refractivity contribution is -0.120. The molecule has 0 spiro atoms. The molecule has 3 nitrogen and oxygen atoms in total. The Morgan fingerprint density at radius 3 is 2.70 bits per heavy atom. The van der Waals surface area contributed by atoms with Crippen LogP contribution in [0.15, 0.2) is 0 Å². The standard InChI is InChI=1S/C7H13NO2/c1-5(9)8-6-3-2-4-7(6)10/h6-7,10H,2-4H2,1H3,(H,8,9)/t6-,7+/m0/s1. The van der Waals surface area contributed by atoms with Crippen molar-refractivity contribution in [2.75, 3.05) is 0 Å². The highest BCUT2D eigenvalue weighted by Gasteiger charge is 2.25. The first-order chi connectivity index (χ1) is 4.70. The van der Waals surface area contributed by atoms with Gasteiger partial charge in [0.2, 0.25) is 5.91 Å². The molecule has 10 heavy (non-hydrogen) atoms. The first-order valence-corrected chi connectivity index (χ1v) is 3.65. The number of hydrogen-bond acceptors (Lipinski definition) is 2. The van der Waals surface area contributed by atoms with Gasteiger partial charge in [-0.25, -0.2) is 0 Å². The van der Waals surface area contributed by atoms with Gasteiger partial charge in [0.05, 0.1) is 12.1 Å². The number of nitrogens with one attached hydrogen (secondary N) is 1. The molecule has 3 heteroatoms. The van der Waals surface area contributed by atoms with E-state index in [0.717, 1.165) is 19.3 Å². The summed E-state index contributed by atoms with van der Waals surface area (Å²) < 4.78 is 0. The topological polar surface area (TPSA) is 49.3 Å². The van der Waals surface area contributed by atoms with E-state index in [1.54, 1.807) is 0 Å². The van der Waals surface area contributed by atoms with Gasteiger partial charge in [0.15, 0.2) is 0 Å².